The molecule has 1 aliphatic rings. The molecule has 34 heavy (non-hydrogen) atoms. The lowest BCUT2D eigenvalue weighted by molar-refractivity contribution is -0.113. The van der Waals surface area contributed by atoms with E-state index in [1.54, 1.807) is 48.5 Å². The minimum Gasteiger partial charge on any atom is -0.495 e. The van der Waals surface area contributed by atoms with Gasteiger partial charge in [-0.25, -0.2) is 4.68 Å². The number of para-hydroxylation sites is 2. The number of nitrogens with one attached hydrogen (secondary N) is 2. The lowest BCUT2D eigenvalue weighted by Gasteiger charge is -2.28. The lowest BCUT2D eigenvalue weighted by Crippen LogP contribution is -2.31. The third-order valence-electron chi connectivity index (χ3n) is 5.56. The van der Waals surface area contributed by atoms with E-state index < -0.39 is 6.04 Å². The molecule has 4 aromatic rings. The minimum atomic E-state index is -0.519. The van der Waals surface area contributed by atoms with Crippen molar-refractivity contribution in [2.45, 2.75) is 13.0 Å². The summed E-state index contributed by atoms with van der Waals surface area (Å²) in [5, 5.41) is 11.6. The Kier molecular flexibility index (Phi) is 5.73. The molecule has 5 rings (SSSR count). The smallest absolute Gasteiger partial charge is 0.255 e. The van der Waals surface area contributed by atoms with Crippen molar-refractivity contribution in [3.63, 3.8) is 0 Å². The van der Waals surface area contributed by atoms with Crippen LogP contribution in [-0.4, -0.2) is 32.8 Å². The van der Waals surface area contributed by atoms with Gasteiger partial charge in [-0.3, -0.25) is 9.78 Å². The van der Waals surface area contributed by atoms with Gasteiger partial charge in [-0.2, -0.15) is 4.98 Å². The van der Waals surface area contributed by atoms with Crippen LogP contribution in [0.15, 0.2) is 84.3 Å². The summed E-state index contributed by atoms with van der Waals surface area (Å²) >= 11 is 6.18. The molecule has 0 saturated heterocycles. The first-order valence-corrected chi connectivity index (χ1v) is 11.0. The molecule has 0 radical (unpaired) electrons. The number of ether oxygens (including phenoxy) is 1. The van der Waals surface area contributed by atoms with Gasteiger partial charge < -0.3 is 15.4 Å². The number of halogens is 1. The molecule has 9 heteroatoms. The molecule has 0 unspecified atom stereocenters. The predicted octanol–water partition coefficient (Wildman–Crippen LogP) is 4.93. The van der Waals surface area contributed by atoms with Gasteiger partial charge in [0.05, 0.1) is 18.4 Å². The molecule has 0 bridgehead atoms. The monoisotopic (exact) mass is 472 g/mol. The van der Waals surface area contributed by atoms with Crippen LogP contribution in [0, 0.1) is 0 Å². The normalized spacial score (nSPS) is 14.9. The zero-order chi connectivity index (χ0) is 23.7. The second-order valence-corrected chi connectivity index (χ2v) is 8.15. The summed E-state index contributed by atoms with van der Waals surface area (Å²) in [6, 6.07) is 17.8. The van der Waals surface area contributed by atoms with Crippen LogP contribution in [0.25, 0.3) is 11.4 Å². The van der Waals surface area contributed by atoms with Crippen molar-refractivity contribution in [1.82, 2.24) is 19.7 Å². The van der Waals surface area contributed by atoms with E-state index >= 15 is 0 Å². The topological polar surface area (TPSA) is 94.0 Å². The lowest BCUT2D eigenvalue weighted by atomic mass is 9.96. The van der Waals surface area contributed by atoms with Crippen LogP contribution in [0.5, 0.6) is 5.75 Å². The van der Waals surface area contributed by atoms with Crippen LogP contribution in [0.2, 0.25) is 5.02 Å². The fourth-order valence-corrected chi connectivity index (χ4v) is 4.18. The fraction of sp³-hybridized carbons (Fsp3) is 0.120. The van der Waals surface area contributed by atoms with Crippen LogP contribution < -0.4 is 15.4 Å². The molecule has 1 aliphatic heterocycles. The van der Waals surface area contributed by atoms with Gasteiger partial charge in [0.15, 0.2) is 5.82 Å². The molecule has 0 saturated carbocycles. The molecule has 1 atom stereocenters. The number of rotatable bonds is 5. The van der Waals surface area contributed by atoms with Crippen molar-refractivity contribution in [1.29, 1.82) is 0 Å². The number of aromatic nitrogens is 4. The van der Waals surface area contributed by atoms with Crippen molar-refractivity contribution in [2.75, 3.05) is 17.7 Å². The highest BCUT2D eigenvalue weighted by atomic mass is 35.5. The van der Waals surface area contributed by atoms with Gasteiger partial charge in [-0.15, -0.1) is 5.10 Å². The Hall–Kier alpha value is -4.17. The van der Waals surface area contributed by atoms with Crippen LogP contribution in [0.1, 0.15) is 18.5 Å². The SMILES string of the molecule is COc1ccccc1NC(=O)C1=C(C)Nc2nc(-c3cccc(Cl)c3)nn2[C@H]1c1ccncc1. The largest absolute Gasteiger partial charge is 0.495 e. The maximum Gasteiger partial charge on any atom is 0.255 e. The number of carbonyl (C=O) groups is 1. The van der Waals surface area contributed by atoms with Crippen molar-refractivity contribution >= 4 is 29.1 Å². The van der Waals surface area contributed by atoms with E-state index in [1.165, 1.54) is 0 Å². The Bertz CT molecular complexity index is 1400. The number of benzene rings is 2. The summed E-state index contributed by atoms with van der Waals surface area (Å²) in [5.41, 5.74) is 3.39. The van der Waals surface area contributed by atoms with Gasteiger partial charge in [-0.05, 0) is 48.9 Å². The molecule has 1 amide bonds. The molecule has 0 aliphatic carbocycles. The molecule has 0 fully saturated rings. The number of fused-ring (bicyclic) bond motifs is 1. The predicted molar refractivity (Wildman–Crippen MR) is 131 cm³/mol. The summed E-state index contributed by atoms with van der Waals surface area (Å²) in [5.74, 6) is 1.33. The van der Waals surface area contributed by atoms with Gasteiger partial charge >= 0.3 is 0 Å². The van der Waals surface area contributed by atoms with E-state index in [0.29, 0.717) is 39.5 Å². The summed E-state index contributed by atoms with van der Waals surface area (Å²) in [6.45, 7) is 1.85. The average Bonchev–Trinajstić information content (AvgIpc) is 3.27. The van der Waals surface area contributed by atoms with E-state index in [2.05, 4.69) is 20.6 Å². The number of allylic oxidation sites excluding steroid dienone is 1. The average molecular weight is 473 g/mol. The molecule has 2 aromatic carbocycles. The molecule has 0 spiro atoms. The second kappa shape index (κ2) is 8.99. The zero-order valence-corrected chi connectivity index (χ0v) is 19.2. The Morgan fingerprint density at radius 1 is 1.12 bits per heavy atom. The summed E-state index contributed by atoms with van der Waals surface area (Å²) in [6.07, 6.45) is 3.38. The van der Waals surface area contributed by atoms with E-state index in [0.717, 1.165) is 11.1 Å². The third-order valence-corrected chi connectivity index (χ3v) is 5.79. The number of amides is 1. The Morgan fingerprint density at radius 2 is 1.91 bits per heavy atom. The van der Waals surface area contributed by atoms with Crippen LogP contribution in [0.3, 0.4) is 0 Å². The molecule has 2 N–H and O–H groups in total. The van der Waals surface area contributed by atoms with Crippen molar-refractivity contribution in [3.8, 4) is 17.1 Å². The van der Waals surface area contributed by atoms with Gasteiger partial charge in [0.1, 0.15) is 11.8 Å². The maximum absolute atomic E-state index is 13.6. The standard InChI is InChI=1S/C25H21ClN6O2/c1-15-21(24(33)29-19-8-3-4-9-20(19)34-2)22(16-10-12-27-13-11-16)32-25(28-15)30-23(31-32)17-6-5-7-18(26)14-17/h3-14,22H,1-2H3,(H,29,33)(H,28,30,31)/t22-/m0/s1. The summed E-state index contributed by atoms with van der Waals surface area (Å²) in [7, 11) is 1.57. The summed E-state index contributed by atoms with van der Waals surface area (Å²) in [4.78, 5) is 22.4. The Balaban J connectivity index is 1.59. The fourth-order valence-electron chi connectivity index (χ4n) is 3.99. The number of methoxy groups -OCH3 is 1. The van der Waals surface area contributed by atoms with Gasteiger partial charge in [0.25, 0.3) is 5.91 Å². The highest BCUT2D eigenvalue weighted by Crippen LogP contribution is 2.37. The highest BCUT2D eigenvalue weighted by molar-refractivity contribution is 6.30. The molecule has 2 aromatic heterocycles. The van der Waals surface area contributed by atoms with E-state index in [9.17, 15) is 4.79 Å². The number of pyridine rings is 1. The van der Waals surface area contributed by atoms with Crippen LogP contribution in [0.4, 0.5) is 11.6 Å². The summed E-state index contributed by atoms with van der Waals surface area (Å²) < 4.78 is 7.12. The third kappa shape index (κ3) is 3.99. The number of nitrogens with zero attached hydrogens (tertiary/aromatic N) is 4. The first-order chi connectivity index (χ1) is 16.5. The minimum absolute atomic E-state index is 0.276. The Morgan fingerprint density at radius 3 is 2.68 bits per heavy atom. The van der Waals surface area contributed by atoms with Crippen molar-refractivity contribution < 1.29 is 9.53 Å². The molecular formula is C25H21ClN6O2. The second-order valence-electron chi connectivity index (χ2n) is 7.72. The number of hydrogen-bond donors (Lipinski definition) is 2. The maximum atomic E-state index is 13.6. The molecule has 8 nitrogen and oxygen atoms in total. The first-order valence-electron chi connectivity index (χ1n) is 10.6. The van der Waals surface area contributed by atoms with E-state index in [1.807, 2.05) is 43.3 Å². The Labute approximate surface area is 201 Å². The van der Waals surface area contributed by atoms with Crippen molar-refractivity contribution in [3.05, 3.63) is 94.9 Å². The van der Waals surface area contributed by atoms with E-state index in [4.69, 9.17) is 21.4 Å². The number of hydrogen-bond acceptors (Lipinski definition) is 6. The van der Waals surface area contributed by atoms with E-state index in [-0.39, 0.29) is 5.91 Å². The first kappa shape index (κ1) is 21.7. The van der Waals surface area contributed by atoms with Crippen LogP contribution in [-0.2, 0) is 4.79 Å². The number of anilines is 2. The highest BCUT2D eigenvalue weighted by Gasteiger charge is 2.34. The number of carbonyl (C=O) groups excluding carboxylic acids is 1. The van der Waals surface area contributed by atoms with Crippen molar-refractivity contribution in [2.24, 2.45) is 0 Å². The quantitative estimate of drug-likeness (QED) is 0.427. The van der Waals surface area contributed by atoms with Crippen LogP contribution >= 0.6 is 11.6 Å². The molecular weight excluding hydrogens is 452 g/mol. The zero-order valence-electron chi connectivity index (χ0n) is 18.5. The molecule has 170 valence electrons. The van der Waals surface area contributed by atoms with Gasteiger partial charge in [0, 0.05) is 28.7 Å². The molecule has 3 heterocycles. The van der Waals surface area contributed by atoms with Gasteiger partial charge in [-0.1, -0.05) is 35.9 Å². The van der Waals surface area contributed by atoms with Gasteiger partial charge in [0.2, 0.25) is 5.95 Å².